The zero-order valence-electron chi connectivity index (χ0n) is 21.3. The molecule has 2 aromatic carbocycles. The molecular weight excluding hydrogens is 491 g/mol. The van der Waals surface area contributed by atoms with Crippen LogP contribution in [0, 0.1) is 17.1 Å². The molecule has 10 heteroatoms. The van der Waals surface area contributed by atoms with E-state index in [-0.39, 0.29) is 37.4 Å². The molecule has 200 valence electrons. The first-order chi connectivity index (χ1) is 18.1. The summed E-state index contributed by atoms with van der Waals surface area (Å²) in [5.41, 5.74) is 3.39. The van der Waals surface area contributed by atoms with Crippen LogP contribution >= 0.6 is 0 Å². The molecule has 9 nitrogen and oxygen atoms in total. The van der Waals surface area contributed by atoms with Gasteiger partial charge in [0.25, 0.3) is 5.91 Å². The molecular formula is C28H31FN4O5. The number of carbonyl (C=O) groups excluding carboxylic acids is 1. The van der Waals surface area contributed by atoms with Crippen molar-refractivity contribution in [1.29, 1.82) is 5.26 Å². The summed E-state index contributed by atoms with van der Waals surface area (Å²) in [6, 6.07) is 14.6. The van der Waals surface area contributed by atoms with Gasteiger partial charge in [0, 0.05) is 17.8 Å². The summed E-state index contributed by atoms with van der Waals surface area (Å²) in [7, 11) is 0. The van der Waals surface area contributed by atoms with Crippen LogP contribution in [0.15, 0.2) is 48.5 Å². The minimum atomic E-state index is -1.18. The van der Waals surface area contributed by atoms with Crippen LogP contribution in [0.5, 0.6) is 0 Å². The van der Waals surface area contributed by atoms with Crippen molar-refractivity contribution in [2.24, 2.45) is 0 Å². The maximum Gasteiger partial charge on any atom is 0.305 e. The fraction of sp³-hybridized carbons (Fsp3) is 0.357. The minimum Gasteiger partial charge on any atom is -0.481 e. The van der Waals surface area contributed by atoms with E-state index in [1.54, 1.807) is 41.1 Å². The molecule has 3 aromatic rings. The molecule has 0 fully saturated rings. The molecule has 0 aliphatic carbocycles. The van der Waals surface area contributed by atoms with Crippen LogP contribution in [0.3, 0.4) is 0 Å². The normalized spacial score (nSPS) is 12.7. The summed E-state index contributed by atoms with van der Waals surface area (Å²) >= 11 is 0. The molecule has 1 aromatic heterocycles. The van der Waals surface area contributed by atoms with Gasteiger partial charge in [-0.3, -0.25) is 9.59 Å². The lowest BCUT2D eigenvalue weighted by molar-refractivity contribution is -0.139. The van der Waals surface area contributed by atoms with Gasteiger partial charge in [0.05, 0.1) is 35.9 Å². The van der Waals surface area contributed by atoms with E-state index in [1.165, 1.54) is 12.1 Å². The number of nitriles is 1. The van der Waals surface area contributed by atoms with E-state index in [9.17, 15) is 24.2 Å². The molecule has 3 rings (SSSR count). The molecule has 0 spiro atoms. The number of halogens is 1. The van der Waals surface area contributed by atoms with Gasteiger partial charge < -0.3 is 20.6 Å². The van der Waals surface area contributed by atoms with Crippen LogP contribution in [-0.4, -0.2) is 49.2 Å². The molecule has 1 amide bonds. The number of carboxylic acid groups (broad SMARTS) is 1. The van der Waals surface area contributed by atoms with Gasteiger partial charge in [-0.1, -0.05) is 26.0 Å². The smallest absolute Gasteiger partial charge is 0.305 e. The van der Waals surface area contributed by atoms with Crippen molar-refractivity contribution in [3.63, 3.8) is 0 Å². The SMILES string of the molecule is CC(C)c1c(C(=O)NCc2ccc(C#N)cc2)nn(-c2ccc(F)cc2)c1CC[C@@H](O)C[C@@H](O)CC(=O)O. The van der Waals surface area contributed by atoms with Crippen molar-refractivity contribution in [2.75, 3.05) is 0 Å². The van der Waals surface area contributed by atoms with Crippen LogP contribution in [0.4, 0.5) is 4.39 Å². The second-order valence-electron chi connectivity index (χ2n) is 9.42. The molecule has 0 aliphatic heterocycles. The lowest BCUT2D eigenvalue weighted by atomic mass is 9.95. The Balaban J connectivity index is 1.89. The van der Waals surface area contributed by atoms with E-state index < -0.39 is 36.3 Å². The van der Waals surface area contributed by atoms with Crippen molar-refractivity contribution < 1.29 is 29.3 Å². The summed E-state index contributed by atoms with van der Waals surface area (Å²) in [6.45, 7) is 4.06. The second kappa shape index (κ2) is 12.9. The number of aliphatic hydroxyl groups is 2. The van der Waals surface area contributed by atoms with Crippen LogP contribution in [0.2, 0.25) is 0 Å². The van der Waals surface area contributed by atoms with Gasteiger partial charge in [-0.15, -0.1) is 0 Å². The monoisotopic (exact) mass is 522 g/mol. The predicted octanol–water partition coefficient (Wildman–Crippen LogP) is 3.46. The van der Waals surface area contributed by atoms with Crippen molar-refractivity contribution in [3.8, 4) is 11.8 Å². The number of hydrogen-bond acceptors (Lipinski definition) is 6. The number of nitrogens with one attached hydrogen (secondary N) is 1. The van der Waals surface area contributed by atoms with Gasteiger partial charge in [-0.25, -0.2) is 9.07 Å². The lowest BCUT2D eigenvalue weighted by Crippen LogP contribution is -2.24. The van der Waals surface area contributed by atoms with Gasteiger partial charge >= 0.3 is 5.97 Å². The number of rotatable bonds is 12. The fourth-order valence-electron chi connectivity index (χ4n) is 4.26. The number of aliphatic hydroxyl groups excluding tert-OH is 2. The van der Waals surface area contributed by atoms with Gasteiger partial charge in [0.15, 0.2) is 5.69 Å². The van der Waals surface area contributed by atoms with Crippen molar-refractivity contribution >= 4 is 11.9 Å². The van der Waals surface area contributed by atoms with E-state index in [4.69, 9.17) is 10.4 Å². The summed E-state index contributed by atoms with van der Waals surface area (Å²) in [5, 5.41) is 45.6. The van der Waals surface area contributed by atoms with E-state index in [2.05, 4.69) is 10.4 Å². The van der Waals surface area contributed by atoms with Crippen molar-refractivity contribution in [1.82, 2.24) is 15.1 Å². The molecule has 0 unspecified atom stereocenters. The highest BCUT2D eigenvalue weighted by Crippen LogP contribution is 2.28. The highest BCUT2D eigenvalue weighted by atomic mass is 19.1. The Bertz CT molecular complexity index is 1300. The lowest BCUT2D eigenvalue weighted by Gasteiger charge is -2.16. The molecule has 38 heavy (non-hydrogen) atoms. The Hall–Kier alpha value is -4.07. The topological polar surface area (TPSA) is 148 Å². The number of nitrogens with zero attached hydrogens (tertiary/aromatic N) is 3. The van der Waals surface area contributed by atoms with Gasteiger partial charge in [-0.2, -0.15) is 10.4 Å². The zero-order valence-corrected chi connectivity index (χ0v) is 21.3. The van der Waals surface area contributed by atoms with Crippen LogP contribution in [-0.2, 0) is 17.8 Å². The summed E-state index contributed by atoms with van der Waals surface area (Å²) < 4.78 is 15.2. The Morgan fingerprint density at radius 1 is 1.08 bits per heavy atom. The molecule has 0 saturated carbocycles. The maximum absolute atomic E-state index is 13.6. The second-order valence-corrected chi connectivity index (χ2v) is 9.42. The van der Waals surface area contributed by atoms with Crippen molar-refractivity contribution in [2.45, 2.75) is 64.2 Å². The number of amides is 1. The molecule has 2 atom stereocenters. The molecule has 0 saturated heterocycles. The highest BCUT2D eigenvalue weighted by Gasteiger charge is 2.26. The van der Waals surface area contributed by atoms with Crippen LogP contribution < -0.4 is 5.32 Å². The minimum absolute atomic E-state index is 0.105. The molecule has 0 bridgehead atoms. The standard InChI is InChI=1S/C28H31FN4O5/c1-17(2)26-24(12-11-22(34)13-23(35)14-25(36)37)33(21-9-7-20(29)8-10-21)32-27(26)28(38)31-16-19-5-3-18(15-30)4-6-19/h3-10,17,22-23,34-35H,11-14,16H2,1-2H3,(H,31,38)(H,36,37)/t22-,23-/m1/s1. The Morgan fingerprint density at radius 2 is 1.74 bits per heavy atom. The first-order valence-electron chi connectivity index (χ1n) is 12.3. The highest BCUT2D eigenvalue weighted by molar-refractivity contribution is 5.94. The third-order valence-electron chi connectivity index (χ3n) is 6.09. The number of benzene rings is 2. The predicted molar refractivity (Wildman–Crippen MR) is 137 cm³/mol. The van der Waals surface area contributed by atoms with Gasteiger partial charge in [0.1, 0.15) is 5.82 Å². The summed E-state index contributed by atoms with van der Waals surface area (Å²) in [4.78, 5) is 24.1. The first-order valence-corrected chi connectivity index (χ1v) is 12.3. The van der Waals surface area contributed by atoms with E-state index in [1.807, 2.05) is 19.9 Å². The van der Waals surface area contributed by atoms with E-state index in [0.29, 0.717) is 22.5 Å². The third kappa shape index (κ3) is 7.47. The maximum atomic E-state index is 13.6. The number of aromatic nitrogens is 2. The number of carboxylic acids is 1. The average molecular weight is 523 g/mol. The average Bonchev–Trinajstić information content (AvgIpc) is 3.26. The number of aliphatic carboxylic acids is 1. The third-order valence-corrected chi connectivity index (χ3v) is 6.09. The summed E-state index contributed by atoms with van der Waals surface area (Å²) in [5.74, 6) is -2.10. The summed E-state index contributed by atoms with van der Waals surface area (Å²) in [6.07, 6.45) is -2.26. The molecule has 0 aliphatic rings. The molecule has 1 heterocycles. The number of hydrogen-bond donors (Lipinski definition) is 4. The van der Waals surface area contributed by atoms with Gasteiger partial charge in [-0.05, 0) is 67.1 Å². The fourth-order valence-corrected chi connectivity index (χ4v) is 4.26. The Labute approximate surface area is 220 Å². The van der Waals surface area contributed by atoms with Crippen LogP contribution in [0.1, 0.15) is 71.9 Å². The molecule has 0 radical (unpaired) electrons. The quantitative estimate of drug-likeness (QED) is 0.285. The van der Waals surface area contributed by atoms with Crippen LogP contribution in [0.25, 0.3) is 5.69 Å². The first kappa shape index (κ1) is 28.5. The van der Waals surface area contributed by atoms with E-state index in [0.717, 1.165) is 5.56 Å². The Kier molecular flexibility index (Phi) is 9.71. The van der Waals surface area contributed by atoms with E-state index >= 15 is 0 Å². The number of carbonyl (C=O) groups is 2. The molecule has 4 N–H and O–H groups in total. The zero-order chi connectivity index (χ0) is 27.8. The van der Waals surface area contributed by atoms with Crippen molar-refractivity contribution in [3.05, 3.63) is 82.4 Å². The Morgan fingerprint density at radius 3 is 2.32 bits per heavy atom. The van der Waals surface area contributed by atoms with Gasteiger partial charge in [0.2, 0.25) is 0 Å². The largest absolute Gasteiger partial charge is 0.481 e.